The summed E-state index contributed by atoms with van der Waals surface area (Å²) in [7, 11) is 0. The molecule has 0 saturated carbocycles. The SMILES string of the molecule is CCCCCCCC/C=C\CCCC1CCCC(C)N1. The van der Waals surface area contributed by atoms with Crippen LogP contribution >= 0.6 is 0 Å². The van der Waals surface area contributed by atoms with Gasteiger partial charge in [-0.05, 0) is 51.9 Å². The van der Waals surface area contributed by atoms with Gasteiger partial charge < -0.3 is 5.32 Å². The van der Waals surface area contributed by atoms with Gasteiger partial charge in [-0.3, -0.25) is 0 Å². The van der Waals surface area contributed by atoms with Crippen LogP contribution in [0.25, 0.3) is 0 Å². The Bertz CT molecular complexity index is 234. The van der Waals surface area contributed by atoms with Crippen molar-refractivity contribution < 1.29 is 0 Å². The Balaban J connectivity index is 1.84. The van der Waals surface area contributed by atoms with Crippen LogP contribution in [0.1, 0.15) is 97.3 Å². The maximum Gasteiger partial charge on any atom is 0.00696 e. The Morgan fingerprint density at radius 3 is 2.35 bits per heavy atom. The van der Waals surface area contributed by atoms with Crippen LogP contribution < -0.4 is 5.32 Å². The molecule has 1 heterocycles. The van der Waals surface area contributed by atoms with Crippen LogP contribution in [-0.2, 0) is 0 Å². The average molecular weight is 280 g/mol. The molecule has 1 nitrogen and oxygen atoms in total. The Morgan fingerprint density at radius 1 is 0.900 bits per heavy atom. The number of hydrogen-bond donors (Lipinski definition) is 1. The van der Waals surface area contributed by atoms with Gasteiger partial charge in [0, 0.05) is 12.1 Å². The normalized spacial score (nSPS) is 23.5. The van der Waals surface area contributed by atoms with Gasteiger partial charge in [-0.15, -0.1) is 0 Å². The average Bonchev–Trinajstić information content (AvgIpc) is 2.45. The molecule has 20 heavy (non-hydrogen) atoms. The van der Waals surface area contributed by atoms with Crippen LogP contribution in [0.3, 0.4) is 0 Å². The van der Waals surface area contributed by atoms with Crippen LogP contribution in [0.15, 0.2) is 12.2 Å². The lowest BCUT2D eigenvalue weighted by Gasteiger charge is -2.28. The summed E-state index contributed by atoms with van der Waals surface area (Å²) >= 11 is 0. The summed E-state index contributed by atoms with van der Waals surface area (Å²) in [6, 6.07) is 1.54. The monoisotopic (exact) mass is 279 g/mol. The third-order valence-corrected chi connectivity index (χ3v) is 4.52. The van der Waals surface area contributed by atoms with Gasteiger partial charge in [-0.2, -0.15) is 0 Å². The highest BCUT2D eigenvalue weighted by atomic mass is 15.0. The van der Waals surface area contributed by atoms with Crippen LogP contribution in [-0.4, -0.2) is 12.1 Å². The molecule has 0 aromatic heterocycles. The van der Waals surface area contributed by atoms with E-state index in [-0.39, 0.29) is 0 Å². The van der Waals surface area contributed by atoms with Gasteiger partial charge in [0.1, 0.15) is 0 Å². The van der Waals surface area contributed by atoms with Crippen molar-refractivity contribution in [3.05, 3.63) is 12.2 Å². The van der Waals surface area contributed by atoms with E-state index in [2.05, 4.69) is 31.3 Å². The molecule has 0 aliphatic carbocycles. The highest BCUT2D eigenvalue weighted by molar-refractivity contribution is 4.83. The summed E-state index contributed by atoms with van der Waals surface area (Å²) in [4.78, 5) is 0. The molecule has 2 atom stereocenters. The third-order valence-electron chi connectivity index (χ3n) is 4.52. The molecule has 0 bridgehead atoms. The Labute approximate surface area is 127 Å². The van der Waals surface area contributed by atoms with E-state index in [1.54, 1.807) is 0 Å². The van der Waals surface area contributed by atoms with Crippen molar-refractivity contribution in [3.8, 4) is 0 Å². The number of hydrogen-bond acceptors (Lipinski definition) is 1. The van der Waals surface area contributed by atoms with Crippen molar-refractivity contribution >= 4 is 0 Å². The summed E-state index contributed by atoms with van der Waals surface area (Å²) in [5, 5.41) is 3.73. The quantitative estimate of drug-likeness (QED) is 0.361. The molecule has 1 aliphatic rings. The van der Waals surface area contributed by atoms with Gasteiger partial charge >= 0.3 is 0 Å². The molecule has 1 heteroatoms. The summed E-state index contributed by atoms with van der Waals surface area (Å²) < 4.78 is 0. The molecule has 0 radical (unpaired) electrons. The molecule has 1 N–H and O–H groups in total. The van der Waals surface area contributed by atoms with E-state index < -0.39 is 0 Å². The molecule has 0 amide bonds. The van der Waals surface area contributed by atoms with Gasteiger partial charge in [0.25, 0.3) is 0 Å². The number of nitrogens with one attached hydrogen (secondary N) is 1. The second-order valence-corrected chi connectivity index (χ2v) is 6.65. The molecule has 1 rings (SSSR count). The Kier molecular flexibility index (Phi) is 11.0. The number of piperidine rings is 1. The largest absolute Gasteiger partial charge is 0.312 e. The Hall–Kier alpha value is -0.300. The van der Waals surface area contributed by atoms with Gasteiger partial charge in [0.15, 0.2) is 0 Å². The molecular formula is C19H37N. The summed E-state index contributed by atoms with van der Waals surface area (Å²) in [6.07, 6.45) is 22.8. The topological polar surface area (TPSA) is 12.0 Å². The first-order chi connectivity index (χ1) is 9.83. The van der Waals surface area contributed by atoms with E-state index >= 15 is 0 Å². The summed E-state index contributed by atoms with van der Waals surface area (Å²) in [5.74, 6) is 0. The molecular weight excluding hydrogens is 242 g/mol. The minimum absolute atomic E-state index is 0.747. The van der Waals surface area contributed by atoms with E-state index in [1.807, 2.05) is 0 Å². The van der Waals surface area contributed by atoms with Crippen LogP contribution in [0, 0.1) is 0 Å². The lowest BCUT2D eigenvalue weighted by Crippen LogP contribution is -2.40. The standard InChI is InChI=1S/C19H37N/c1-3-4-5-6-7-8-9-10-11-12-13-16-19-17-14-15-18(2)20-19/h10-11,18-20H,3-9,12-17H2,1-2H3/b11-10-. The fraction of sp³-hybridized carbons (Fsp3) is 0.895. The van der Waals surface area contributed by atoms with Crippen molar-refractivity contribution in [1.82, 2.24) is 5.32 Å². The lowest BCUT2D eigenvalue weighted by molar-refractivity contribution is 0.318. The van der Waals surface area contributed by atoms with Crippen LogP contribution in [0.4, 0.5) is 0 Å². The zero-order chi connectivity index (χ0) is 14.5. The van der Waals surface area contributed by atoms with Gasteiger partial charge in [0.05, 0.1) is 0 Å². The molecule has 1 aliphatic heterocycles. The van der Waals surface area contributed by atoms with E-state index in [4.69, 9.17) is 0 Å². The molecule has 118 valence electrons. The van der Waals surface area contributed by atoms with Crippen molar-refractivity contribution in [2.24, 2.45) is 0 Å². The van der Waals surface area contributed by atoms with E-state index in [1.165, 1.54) is 83.5 Å². The van der Waals surface area contributed by atoms with Crippen molar-refractivity contribution in [3.63, 3.8) is 0 Å². The second-order valence-electron chi connectivity index (χ2n) is 6.65. The molecule has 1 fully saturated rings. The highest BCUT2D eigenvalue weighted by Gasteiger charge is 2.16. The molecule has 0 aromatic carbocycles. The summed E-state index contributed by atoms with van der Waals surface area (Å²) in [6.45, 7) is 4.61. The zero-order valence-corrected chi connectivity index (χ0v) is 14.0. The van der Waals surface area contributed by atoms with E-state index in [0.717, 1.165) is 12.1 Å². The minimum Gasteiger partial charge on any atom is -0.312 e. The first-order valence-corrected chi connectivity index (χ1v) is 9.24. The summed E-state index contributed by atoms with van der Waals surface area (Å²) in [5.41, 5.74) is 0. The first kappa shape index (κ1) is 17.8. The zero-order valence-electron chi connectivity index (χ0n) is 14.0. The number of unbranched alkanes of at least 4 members (excludes halogenated alkanes) is 7. The highest BCUT2D eigenvalue weighted by Crippen LogP contribution is 2.16. The lowest BCUT2D eigenvalue weighted by atomic mass is 9.96. The maximum atomic E-state index is 3.73. The minimum atomic E-state index is 0.747. The predicted octanol–water partition coefficient (Wildman–Crippen LogP) is 5.99. The van der Waals surface area contributed by atoms with E-state index in [9.17, 15) is 0 Å². The fourth-order valence-corrected chi connectivity index (χ4v) is 3.23. The van der Waals surface area contributed by atoms with Crippen LogP contribution in [0.5, 0.6) is 0 Å². The fourth-order valence-electron chi connectivity index (χ4n) is 3.23. The van der Waals surface area contributed by atoms with Gasteiger partial charge in [-0.1, -0.05) is 57.6 Å². The molecule has 2 unspecified atom stereocenters. The number of allylic oxidation sites excluding steroid dienone is 2. The third kappa shape index (κ3) is 9.58. The number of rotatable bonds is 11. The molecule has 1 saturated heterocycles. The van der Waals surface area contributed by atoms with Crippen molar-refractivity contribution in [1.29, 1.82) is 0 Å². The van der Waals surface area contributed by atoms with Gasteiger partial charge in [-0.25, -0.2) is 0 Å². The molecule has 0 spiro atoms. The van der Waals surface area contributed by atoms with E-state index in [0.29, 0.717) is 0 Å². The smallest absolute Gasteiger partial charge is 0.00696 e. The Morgan fingerprint density at radius 2 is 1.60 bits per heavy atom. The first-order valence-electron chi connectivity index (χ1n) is 9.24. The van der Waals surface area contributed by atoms with Gasteiger partial charge in [0.2, 0.25) is 0 Å². The maximum absolute atomic E-state index is 3.73. The molecule has 0 aromatic rings. The predicted molar refractivity (Wildman–Crippen MR) is 91.2 cm³/mol. The van der Waals surface area contributed by atoms with Crippen molar-refractivity contribution in [2.45, 2.75) is 109 Å². The van der Waals surface area contributed by atoms with Crippen LogP contribution in [0.2, 0.25) is 0 Å². The van der Waals surface area contributed by atoms with Crippen molar-refractivity contribution in [2.75, 3.05) is 0 Å². The second kappa shape index (κ2) is 12.4.